The van der Waals surface area contributed by atoms with E-state index < -0.39 is 15.7 Å². The van der Waals surface area contributed by atoms with Crippen LogP contribution in [0.15, 0.2) is 41.1 Å². The van der Waals surface area contributed by atoms with Crippen LogP contribution in [0.5, 0.6) is 0 Å². The summed E-state index contributed by atoms with van der Waals surface area (Å²) >= 11 is 0. The second-order valence-electron chi connectivity index (χ2n) is 13.5. The van der Waals surface area contributed by atoms with Crippen LogP contribution < -0.4 is 10.0 Å². The van der Waals surface area contributed by atoms with Gasteiger partial charge in [0.25, 0.3) is 0 Å². The van der Waals surface area contributed by atoms with Crippen molar-refractivity contribution in [3.05, 3.63) is 81.6 Å². The standard InChI is InChI=1S/C34H45N3O6S/c1-20-14-23-10-9-12-34(6,27(23)15-21(20)2)26-17-29(43-22(26)3)31(38)25-18-36-13-11-28(25)37(7)30-16-24(19-42-44(35,39)40)32(41-8)33(30,4)5/h11,13-15,17-18,24,30,32H,9-10,12,16,19H2,1-8H3,(H2,35,39,40)/t24?,30-,32-,34?/m1/s1. The fourth-order valence-corrected chi connectivity index (χ4v) is 8.32. The minimum Gasteiger partial charge on any atom is -0.458 e. The zero-order valence-corrected chi connectivity index (χ0v) is 27.9. The first-order valence-electron chi connectivity index (χ1n) is 15.2. The summed E-state index contributed by atoms with van der Waals surface area (Å²) in [6.07, 6.45) is 6.64. The molecule has 0 spiro atoms. The number of nitrogens with two attached hydrogens (primary N) is 1. The number of fused-ring (bicyclic) bond motifs is 1. The largest absolute Gasteiger partial charge is 0.458 e. The van der Waals surface area contributed by atoms with Crippen molar-refractivity contribution < 1.29 is 26.5 Å². The van der Waals surface area contributed by atoms with Gasteiger partial charge in [0.2, 0.25) is 5.78 Å². The molecule has 10 heteroatoms. The highest BCUT2D eigenvalue weighted by Crippen LogP contribution is 2.48. The molecule has 0 radical (unpaired) electrons. The first-order valence-corrected chi connectivity index (χ1v) is 16.7. The number of carbonyl (C=O) groups is 1. The van der Waals surface area contributed by atoms with Crippen LogP contribution >= 0.6 is 0 Å². The van der Waals surface area contributed by atoms with Gasteiger partial charge in [0, 0.05) is 54.9 Å². The number of aromatic nitrogens is 1. The molecule has 2 aliphatic rings. The Morgan fingerprint density at radius 3 is 2.52 bits per heavy atom. The van der Waals surface area contributed by atoms with E-state index in [-0.39, 0.29) is 41.6 Å². The van der Waals surface area contributed by atoms with Crippen molar-refractivity contribution in [1.82, 2.24) is 4.98 Å². The third-order valence-electron chi connectivity index (χ3n) is 10.3. The molecule has 0 aliphatic heterocycles. The van der Waals surface area contributed by atoms with Crippen LogP contribution in [-0.2, 0) is 31.1 Å². The van der Waals surface area contributed by atoms with Crippen molar-refractivity contribution >= 4 is 21.8 Å². The van der Waals surface area contributed by atoms with Gasteiger partial charge in [-0.3, -0.25) is 14.0 Å². The zero-order valence-electron chi connectivity index (χ0n) is 27.1. The van der Waals surface area contributed by atoms with E-state index in [0.29, 0.717) is 17.7 Å². The lowest BCUT2D eigenvalue weighted by molar-refractivity contribution is -0.0123. The van der Waals surface area contributed by atoms with Crippen LogP contribution in [0.1, 0.15) is 89.7 Å². The molecule has 5 rings (SSSR count). The lowest BCUT2D eigenvalue weighted by atomic mass is 9.66. The number of aryl methyl sites for hydroxylation is 4. The summed E-state index contributed by atoms with van der Waals surface area (Å²) in [6.45, 7) is 12.6. The molecule has 2 heterocycles. The van der Waals surface area contributed by atoms with Gasteiger partial charge in [-0.25, -0.2) is 5.14 Å². The van der Waals surface area contributed by atoms with Gasteiger partial charge in [-0.05, 0) is 80.8 Å². The summed E-state index contributed by atoms with van der Waals surface area (Å²) in [7, 11) is -0.529. The smallest absolute Gasteiger partial charge is 0.333 e. The number of anilines is 1. The minimum absolute atomic E-state index is 0.0807. The summed E-state index contributed by atoms with van der Waals surface area (Å²) in [4.78, 5) is 20.5. The zero-order chi connectivity index (χ0) is 32.2. The molecule has 238 valence electrons. The highest BCUT2D eigenvalue weighted by atomic mass is 32.2. The van der Waals surface area contributed by atoms with Crippen LogP contribution in [-0.4, -0.2) is 52.1 Å². The number of rotatable bonds is 9. The number of furan rings is 1. The fourth-order valence-electron chi connectivity index (χ4n) is 7.96. The Morgan fingerprint density at radius 2 is 1.84 bits per heavy atom. The van der Waals surface area contributed by atoms with Gasteiger partial charge in [0.1, 0.15) is 5.76 Å². The lowest BCUT2D eigenvalue weighted by Crippen LogP contribution is -2.45. The van der Waals surface area contributed by atoms with Crippen molar-refractivity contribution in [1.29, 1.82) is 0 Å². The molecule has 0 amide bonds. The van der Waals surface area contributed by atoms with Gasteiger partial charge in [-0.1, -0.05) is 32.9 Å². The third-order valence-corrected chi connectivity index (χ3v) is 10.8. The number of carbonyl (C=O) groups excluding carboxylic acids is 1. The van der Waals surface area contributed by atoms with Crippen molar-refractivity contribution in [2.24, 2.45) is 16.5 Å². The predicted octanol–water partition coefficient (Wildman–Crippen LogP) is 5.56. The van der Waals surface area contributed by atoms with Crippen LogP contribution in [0.25, 0.3) is 0 Å². The number of nitrogens with zero attached hydrogens (tertiary/aromatic N) is 2. The van der Waals surface area contributed by atoms with Crippen molar-refractivity contribution in [3.63, 3.8) is 0 Å². The maximum Gasteiger partial charge on any atom is 0.333 e. The topological polar surface area (TPSA) is 125 Å². The number of benzene rings is 1. The van der Waals surface area contributed by atoms with Crippen LogP contribution in [0.4, 0.5) is 5.69 Å². The minimum atomic E-state index is -4.09. The van der Waals surface area contributed by atoms with Crippen molar-refractivity contribution in [2.75, 3.05) is 25.7 Å². The second kappa shape index (κ2) is 11.7. The molecule has 0 saturated heterocycles. The highest BCUT2D eigenvalue weighted by Gasteiger charge is 2.52. The van der Waals surface area contributed by atoms with E-state index in [1.165, 1.54) is 22.3 Å². The van der Waals surface area contributed by atoms with E-state index in [4.69, 9.17) is 18.5 Å². The monoisotopic (exact) mass is 623 g/mol. The Balaban J connectivity index is 1.47. The molecular weight excluding hydrogens is 578 g/mol. The van der Waals surface area contributed by atoms with Crippen molar-refractivity contribution in [2.45, 2.75) is 84.8 Å². The normalized spacial score (nSPS) is 24.7. The van der Waals surface area contributed by atoms with Crippen molar-refractivity contribution in [3.8, 4) is 0 Å². The molecule has 2 unspecified atom stereocenters. The van der Waals surface area contributed by atoms with Gasteiger partial charge >= 0.3 is 10.3 Å². The number of hydrogen-bond donors (Lipinski definition) is 1. The molecular formula is C34H45N3O6S. The maximum absolute atomic E-state index is 14.2. The molecule has 2 N–H and O–H groups in total. The Bertz CT molecular complexity index is 1680. The molecule has 2 aromatic heterocycles. The predicted molar refractivity (Wildman–Crippen MR) is 170 cm³/mol. The summed E-state index contributed by atoms with van der Waals surface area (Å²) < 4.78 is 40.1. The van der Waals surface area contributed by atoms with E-state index in [0.717, 1.165) is 30.6 Å². The second-order valence-corrected chi connectivity index (χ2v) is 14.7. The fraction of sp³-hybridized carbons (Fsp3) is 0.529. The van der Waals surface area contributed by atoms with Gasteiger partial charge in [0.15, 0.2) is 5.76 Å². The summed E-state index contributed by atoms with van der Waals surface area (Å²) in [5, 5.41) is 5.11. The third kappa shape index (κ3) is 5.73. The number of hydrogen-bond acceptors (Lipinski definition) is 8. The molecule has 9 nitrogen and oxygen atoms in total. The van der Waals surface area contributed by atoms with E-state index in [1.807, 2.05) is 26.1 Å². The van der Waals surface area contributed by atoms with Gasteiger partial charge in [0.05, 0.1) is 24.0 Å². The van der Waals surface area contributed by atoms with Crippen LogP contribution in [0.3, 0.4) is 0 Å². The molecule has 1 aromatic carbocycles. The van der Waals surface area contributed by atoms with Crippen LogP contribution in [0, 0.1) is 32.1 Å². The van der Waals surface area contributed by atoms with Gasteiger partial charge in [-0.2, -0.15) is 8.42 Å². The summed E-state index contributed by atoms with van der Waals surface area (Å²) in [6, 6.07) is 8.28. The van der Waals surface area contributed by atoms with Crippen LogP contribution in [0.2, 0.25) is 0 Å². The van der Waals surface area contributed by atoms with E-state index in [9.17, 15) is 13.2 Å². The first kappa shape index (κ1) is 32.3. The average molecular weight is 624 g/mol. The summed E-state index contributed by atoms with van der Waals surface area (Å²) in [5.74, 6) is 0.585. The molecule has 44 heavy (non-hydrogen) atoms. The lowest BCUT2D eigenvalue weighted by Gasteiger charge is -2.39. The Labute approximate surface area is 261 Å². The number of methoxy groups -OCH3 is 1. The molecule has 1 fully saturated rings. The average Bonchev–Trinajstić information content (AvgIpc) is 3.48. The Hall–Kier alpha value is -3.05. The quantitative estimate of drug-likeness (QED) is 0.307. The summed E-state index contributed by atoms with van der Waals surface area (Å²) in [5.41, 5.74) is 6.76. The first-order chi connectivity index (χ1) is 20.6. The molecule has 1 saturated carbocycles. The molecule has 2 aliphatic carbocycles. The SMILES string of the molecule is CO[C@@H]1C(COS(N)(=O)=O)C[C@@H](N(C)c2ccncc2C(=O)c2cc(C3(C)CCCc4cc(C)c(C)cc43)c(C)o2)C1(C)C. The molecule has 3 aromatic rings. The number of ketones is 1. The number of ether oxygens (including phenoxy) is 1. The van der Waals surface area contributed by atoms with Gasteiger partial charge < -0.3 is 14.1 Å². The molecule has 0 bridgehead atoms. The molecule has 4 atom stereocenters. The number of pyridine rings is 1. The Kier molecular flexibility index (Phi) is 8.61. The van der Waals surface area contributed by atoms with E-state index in [1.54, 1.807) is 19.5 Å². The van der Waals surface area contributed by atoms with E-state index >= 15 is 0 Å². The van der Waals surface area contributed by atoms with E-state index in [2.05, 4.69) is 56.6 Å². The highest BCUT2D eigenvalue weighted by molar-refractivity contribution is 7.84. The maximum atomic E-state index is 14.2. The Morgan fingerprint density at radius 1 is 1.14 bits per heavy atom. The van der Waals surface area contributed by atoms with Gasteiger partial charge in [-0.15, -0.1) is 0 Å².